The number of hydrogen-bond donors (Lipinski definition) is 2. The Balaban J connectivity index is 1.54. The first-order valence-corrected chi connectivity index (χ1v) is 15.6. The van der Waals surface area contributed by atoms with Crippen LogP contribution in [-0.4, -0.2) is 42.2 Å². The van der Waals surface area contributed by atoms with Gasteiger partial charge in [-0.05, 0) is 59.8 Å². The van der Waals surface area contributed by atoms with Crippen molar-refractivity contribution in [3.63, 3.8) is 0 Å². The number of benzene rings is 4. The average Bonchev–Trinajstić information content (AvgIpc) is 3.45. The second-order valence-corrected chi connectivity index (χ2v) is 11.5. The van der Waals surface area contributed by atoms with Crippen LogP contribution < -0.4 is 10.1 Å². The first kappa shape index (κ1) is 31.8. The van der Waals surface area contributed by atoms with E-state index >= 15 is 0 Å². The molecule has 0 unspecified atom stereocenters. The summed E-state index contributed by atoms with van der Waals surface area (Å²) in [5, 5.41) is 16.1. The minimum atomic E-state index is -1.43. The molecule has 230 valence electrons. The molecule has 0 aliphatic carbocycles. The Hall–Kier alpha value is -4.63. The van der Waals surface area contributed by atoms with Crippen LogP contribution >= 0.6 is 15.9 Å². The number of aliphatic hydroxyl groups excluding tert-OH is 1. The van der Waals surface area contributed by atoms with Crippen LogP contribution in [0.1, 0.15) is 41.2 Å². The van der Waals surface area contributed by atoms with E-state index in [2.05, 4.69) is 43.4 Å². The number of aryl methyl sites for hydroxylation is 1. The van der Waals surface area contributed by atoms with Crippen molar-refractivity contribution in [2.45, 2.75) is 37.3 Å². The standard InChI is InChI=1S/C35H34BrN5O4/c36-30-15-6-4-13-27(30)24-35(34(43)38-21-8-12-25-10-2-1-3-11-25)32(29-14-5-7-16-31(29)40-41-37)45-33(39-35)26-17-19-28(20-18-26)44-23-9-22-42/h1-7,10-11,13-20,32,42H,8-9,12,21-24H2,(H,38,43)/t32-,35-/m1/s1. The van der Waals surface area contributed by atoms with Gasteiger partial charge in [-0.3, -0.25) is 4.79 Å². The summed E-state index contributed by atoms with van der Waals surface area (Å²) in [6, 6.07) is 32.3. The minimum absolute atomic E-state index is 0.0510. The zero-order valence-corrected chi connectivity index (χ0v) is 26.3. The van der Waals surface area contributed by atoms with Crippen LogP contribution in [0.25, 0.3) is 10.4 Å². The molecule has 0 radical (unpaired) electrons. The van der Waals surface area contributed by atoms with Gasteiger partial charge in [0.25, 0.3) is 5.91 Å². The van der Waals surface area contributed by atoms with Crippen LogP contribution in [0.15, 0.2) is 118 Å². The van der Waals surface area contributed by atoms with E-state index in [1.165, 1.54) is 5.56 Å². The van der Waals surface area contributed by atoms with Crippen LogP contribution in [0, 0.1) is 0 Å². The molecule has 0 spiro atoms. The summed E-state index contributed by atoms with van der Waals surface area (Å²) < 4.78 is 13.1. The third-order valence-corrected chi connectivity index (χ3v) is 8.36. The lowest BCUT2D eigenvalue weighted by atomic mass is 9.81. The van der Waals surface area contributed by atoms with Crippen molar-refractivity contribution in [1.82, 2.24) is 5.32 Å². The summed E-state index contributed by atoms with van der Waals surface area (Å²) in [6.07, 6.45) is 1.42. The molecule has 0 saturated heterocycles. The molecule has 0 saturated carbocycles. The summed E-state index contributed by atoms with van der Waals surface area (Å²) in [6.45, 7) is 0.890. The molecule has 1 amide bonds. The lowest BCUT2D eigenvalue weighted by Crippen LogP contribution is -2.50. The topological polar surface area (TPSA) is 129 Å². The number of nitrogens with zero attached hydrogens (tertiary/aromatic N) is 4. The van der Waals surface area contributed by atoms with E-state index in [-0.39, 0.29) is 18.9 Å². The zero-order valence-electron chi connectivity index (χ0n) is 24.7. The van der Waals surface area contributed by atoms with E-state index in [1.54, 1.807) is 24.3 Å². The van der Waals surface area contributed by atoms with Gasteiger partial charge in [-0.2, -0.15) is 0 Å². The molecule has 0 fully saturated rings. The van der Waals surface area contributed by atoms with Gasteiger partial charge >= 0.3 is 0 Å². The Morgan fingerprint density at radius 3 is 2.49 bits per heavy atom. The van der Waals surface area contributed by atoms with Gasteiger partial charge in [-0.25, -0.2) is 4.99 Å². The van der Waals surface area contributed by atoms with Gasteiger partial charge in [-0.15, -0.1) is 0 Å². The Labute approximate surface area is 270 Å². The number of ether oxygens (including phenoxy) is 2. The van der Waals surface area contributed by atoms with Crippen LogP contribution in [-0.2, 0) is 22.4 Å². The highest BCUT2D eigenvalue weighted by Gasteiger charge is 2.54. The fraction of sp³-hybridized carbons (Fsp3) is 0.257. The SMILES string of the molecule is [N-]=[N+]=Nc1ccccc1[C@H]1OC(c2ccc(OCCCO)cc2)=N[C@@]1(Cc1ccccc1Br)C(=O)NCCCc1ccccc1. The number of halogens is 1. The third kappa shape index (κ3) is 7.72. The highest BCUT2D eigenvalue weighted by atomic mass is 79.9. The van der Waals surface area contributed by atoms with E-state index in [0.717, 1.165) is 22.9 Å². The number of carbonyl (C=O) groups excluding carboxylic acids is 1. The van der Waals surface area contributed by atoms with E-state index < -0.39 is 11.6 Å². The monoisotopic (exact) mass is 667 g/mol. The first-order valence-electron chi connectivity index (χ1n) is 14.8. The number of hydrogen-bond acceptors (Lipinski definition) is 6. The average molecular weight is 669 g/mol. The van der Waals surface area contributed by atoms with E-state index in [1.807, 2.05) is 66.7 Å². The molecule has 4 aromatic rings. The van der Waals surface area contributed by atoms with E-state index in [9.17, 15) is 10.3 Å². The van der Waals surface area contributed by atoms with Gasteiger partial charge in [0.1, 0.15) is 5.75 Å². The molecule has 2 atom stereocenters. The maximum atomic E-state index is 14.5. The summed E-state index contributed by atoms with van der Waals surface area (Å²) in [4.78, 5) is 22.6. The Bertz CT molecular complexity index is 1680. The van der Waals surface area contributed by atoms with Gasteiger partial charge < -0.3 is 19.9 Å². The molecular weight excluding hydrogens is 634 g/mol. The highest BCUT2D eigenvalue weighted by molar-refractivity contribution is 9.10. The Kier molecular flexibility index (Phi) is 10.9. The van der Waals surface area contributed by atoms with Crippen molar-refractivity contribution >= 4 is 33.4 Å². The number of amides is 1. The molecule has 0 bridgehead atoms. The largest absolute Gasteiger partial charge is 0.494 e. The van der Waals surface area contributed by atoms with Gasteiger partial charge in [-0.1, -0.05) is 93.8 Å². The van der Waals surface area contributed by atoms with Gasteiger partial charge in [0.2, 0.25) is 5.90 Å². The quantitative estimate of drug-likeness (QED) is 0.0628. The fourth-order valence-corrected chi connectivity index (χ4v) is 5.76. The molecular formula is C35H34BrN5O4. The third-order valence-electron chi connectivity index (χ3n) is 7.59. The lowest BCUT2D eigenvalue weighted by Gasteiger charge is -2.31. The van der Waals surface area contributed by atoms with Gasteiger partial charge in [0.05, 0.1) is 6.61 Å². The number of rotatable bonds is 14. The normalized spacial score (nSPS) is 17.1. The molecule has 5 rings (SSSR count). The number of carbonyl (C=O) groups is 1. The molecule has 1 aliphatic rings. The molecule has 0 aromatic heterocycles. The van der Waals surface area contributed by atoms with E-state index in [4.69, 9.17) is 19.6 Å². The molecule has 1 heterocycles. The molecule has 2 N–H and O–H groups in total. The van der Waals surface area contributed by atoms with Crippen molar-refractivity contribution in [3.05, 3.63) is 140 Å². The summed E-state index contributed by atoms with van der Waals surface area (Å²) in [7, 11) is 0. The van der Waals surface area contributed by atoms with E-state index in [0.29, 0.717) is 48.0 Å². The minimum Gasteiger partial charge on any atom is -0.494 e. The van der Waals surface area contributed by atoms with Gasteiger partial charge in [0, 0.05) is 52.2 Å². The van der Waals surface area contributed by atoms with Crippen molar-refractivity contribution in [1.29, 1.82) is 0 Å². The summed E-state index contributed by atoms with van der Waals surface area (Å²) in [5.41, 5.74) is 11.6. The number of aliphatic imine (C=N–C) groups is 1. The van der Waals surface area contributed by atoms with Crippen molar-refractivity contribution in [2.24, 2.45) is 10.1 Å². The predicted octanol–water partition coefficient (Wildman–Crippen LogP) is 7.40. The Morgan fingerprint density at radius 2 is 1.73 bits per heavy atom. The predicted molar refractivity (Wildman–Crippen MR) is 178 cm³/mol. The van der Waals surface area contributed by atoms with Crippen LogP contribution in [0.3, 0.4) is 0 Å². The number of azide groups is 1. The molecule has 45 heavy (non-hydrogen) atoms. The number of aliphatic hydroxyl groups is 1. The van der Waals surface area contributed by atoms with Crippen molar-refractivity contribution in [2.75, 3.05) is 19.8 Å². The zero-order chi connectivity index (χ0) is 31.5. The highest BCUT2D eigenvalue weighted by Crippen LogP contribution is 2.46. The van der Waals surface area contributed by atoms with Crippen LogP contribution in [0.2, 0.25) is 0 Å². The summed E-state index contributed by atoms with van der Waals surface area (Å²) in [5.74, 6) is 0.654. The smallest absolute Gasteiger partial charge is 0.252 e. The molecule has 4 aromatic carbocycles. The van der Waals surface area contributed by atoms with Crippen LogP contribution in [0.5, 0.6) is 5.75 Å². The lowest BCUT2D eigenvalue weighted by molar-refractivity contribution is -0.128. The second kappa shape index (κ2) is 15.4. The maximum Gasteiger partial charge on any atom is 0.252 e. The molecule has 1 aliphatic heterocycles. The Morgan fingerprint density at radius 1 is 1.00 bits per heavy atom. The molecule has 10 heteroatoms. The maximum absolute atomic E-state index is 14.5. The second-order valence-electron chi connectivity index (χ2n) is 10.7. The number of nitrogens with one attached hydrogen (secondary N) is 1. The van der Waals surface area contributed by atoms with Crippen molar-refractivity contribution < 1.29 is 19.4 Å². The van der Waals surface area contributed by atoms with Gasteiger partial charge in [0.15, 0.2) is 11.6 Å². The van der Waals surface area contributed by atoms with Crippen molar-refractivity contribution in [3.8, 4) is 5.75 Å². The summed E-state index contributed by atoms with van der Waals surface area (Å²) >= 11 is 3.66. The van der Waals surface area contributed by atoms with Crippen LogP contribution in [0.4, 0.5) is 5.69 Å². The first-order chi connectivity index (χ1) is 22.0. The fourth-order valence-electron chi connectivity index (χ4n) is 5.33. The molecule has 9 nitrogen and oxygen atoms in total.